The number of benzene rings is 1. The van der Waals surface area contributed by atoms with Crippen LogP contribution in [0, 0.1) is 11.7 Å². The molecule has 1 aromatic rings. The normalized spacial score (nSPS) is 12.5. The average molecular weight is 395 g/mol. The number of nitrogens with zero attached hydrogens (tertiary/aromatic N) is 1. The molecule has 6 heteroatoms. The maximum absolute atomic E-state index is 13.0. The van der Waals surface area contributed by atoms with Crippen molar-refractivity contribution in [1.29, 1.82) is 0 Å². The largest absolute Gasteiger partial charge is 0.396 e. The predicted molar refractivity (Wildman–Crippen MR) is 90.9 cm³/mol. The van der Waals surface area contributed by atoms with Gasteiger partial charge in [-0.15, -0.1) is 24.0 Å². The maximum atomic E-state index is 13.0. The summed E-state index contributed by atoms with van der Waals surface area (Å²) in [6, 6.07) is 6.41. The fourth-order valence-electron chi connectivity index (χ4n) is 1.48. The Morgan fingerprint density at radius 3 is 2.75 bits per heavy atom. The molecule has 1 rings (SSSR count). The number of guanidine groups is 1. The molecule has 0 saturated heterocycles. The van der Waals surface area contributed by atoms with Crippen LogP contribution < -0.4 is 10.6 Å². The average Bonchev–Trinajstić information content (AvgIpc) is 2.41. The van der Waals surface area contributed by atoms with Gasteiger partial charge >= 0.3 is 0 Å². The molecule has 1 aromatic carbocycles. The summed E-state index contributed by atoms with van der Waals surface area (Å²) >= 11 is 0. The number of hydrogen-bond donors (Lipinski definition) is 3. The quantitative estimate of drug-likeness (QED) is 0.393. The molecule has 0 saturated carbocycles. The second-order valence-electron chi connectivity index (χ2n) is 4.49. The van der Waals surface area contributed by atoms with E-state index in [0.717, 1.165) is 12.1 Å². The zero-order valence-electron chi connectivity index (χ0n) is 11.9. The second kappa shape index (κ2) is 10.8. The van der Waals surface area contributed by atoms with Gasteiger partial charge in [0.05, 0.1) is 6.54 Å². The van der Waals surface area contributed by atoms with Crippen LogP contribution in [0.5, 0.6) is 0 Å². The highest BCUT2D eigenvalue weighted by atomic mass is 127. The Morgan fingerprint density at radius 1 is 1.40 bits per heavy atom. The molecule has 0 aliphatic carbocycles. The van der Waals surface area contributed by atoms with Crippen LogP contribution in [-0.2, 0) is 6.54 Å². The van der Waals surface area contributed by atoms with Gasteiger partial charge in [0.1, 0.15) is 5.82 Å². The Morgan fingerprint density at radius 2 is 2.15 bits per heavy atom. The van der Waals surface area contributed by atoms with E-state index in [1.807, 2.05) is 19.9 Å². The molecule has 1 unspecified atom stereocenters. The van der Waals surface area contributed by atoms with Crippen LogP contribution in [0.2, 0.25) is 0 Å². The van der Waals surface area contributed by atoms with Gasteiger partial charge in [0.15, 0.2) is 5.96 Å². The van der Waals surface area contributed by atoms with Crippen molar-refractivity contribution in [2.45, 2.75) is 20.4 Å². The van der Waals surface area contributed by atoms with E-state index < -0.39 is 0 Å². The number of aliphatic imine (C=N–C) groups is 1. The standard InChI is InChI=1S/C14H22FN3O.HI/c1-3-16-14(17-8-11(2)10-19)18-9-12-5-4-6-13(15)7-12;/h4-7,11,19H,3,8-10H2,1-2H3,(H2,16,17,18);1H. The first-order valence-corrected chi connectivity index (χ1v) is 6.53. The summed E-state index contributed by atoms with van der Waals surface area (Å²) < 4.78 is 13.0. The minimum Gasteiger partial charge on any atom is -0.396 e. The lowest BCUT2D eigenvalue weighted by Gasteiger charge is -2.14. The smallest absolute Gasteiger partial charge is 0.191 e. The van der Waals surface area contributed by atoms with Gasteiger partial charge in [-0.1, -0.05) is 19.1 Å². The molecule has 0 spiro atoms. The molecule has 114 valence electrons. The molecule has 3 N–H and O–H groups in total. The molecule has 0 fully saturated rings. The number of aliphatic hydroxyl groups excluding tert-OH is 1. The minimum absolute atomic E-state index is 0. The van der Waals surface area contributed by atoms with Gasteiger partial charge in [0.25, 0.3) is 0 Å². The lowest BCUT2D eigenvalue weighted by atomic mass is 10.2. The number of aliphatic hydroxyl groups is 1. The van der Waals surface area contributed by atoms with Crippen LogP contribution in [0.15, 0.2) is 29.3 Å². The van der Waals surface area contributed by atoms with Crippen LogP contribution in [0.3, 0.4) is 0 Å². The molecule has 0 aliphatic heterocycles. The third-order valence-electron chi connectivity index (χ3n) is 2.58. The maximum Gasteiger partial charge on any atom is 0.191 e. The Hall–Kier alpha value is -0.890. The predicted octanol–water partition coefficient (Wildman–Crippen LogP) is 2.13. The molecule has 0 aromatic heterocycles. The molecular formula is C14H23FIN3O. The zero-order chi connectivity index (χ0) is 14.1. The molecule has 0 amide bonds. The lowest BCUT2D eigenvalue weighted by molar-refractivity contribution is 0.238. The van der Waals surface area contributed by atoms with E-state index in [9.17, 15) is 4.39 Å². The van der Waals surface area contributed by atoms with Gasteiger partial charge in [-0.2, -0.15) is 0 Å². The molecular weight excluding hydrogens is 372 g/mol. The van der Waals surface area contributed by atoms with Crippen molar-refractivity contribution in [2.24, 2.45) is 10.9 Å². The van der Waals surface area contributed by atoms with Crippen LogP contribution >= 0.6 is 24.0 Å². The van der Waals surface area contributed by atoms with Crippen LogP contribution in [0.1, 0.15) is 19.4 Å². The fraction of sp³-hybridized carbons (Fsp3) is 0.500. The molecule has 20 heavy (non-hydrogen) atoms. The van der Waals surface area contributed by atoms with E-state index >= 15 is 0 Å². The van der Waals surface area contributed by atoms with Crippen molar-refractivity contribution in [1.82, 2.24) is 10.6 Å². The topological polar surface area (TPSA) is 56.7 Å². The summed E-state index contributed by atoms with van der Waals surface area (Å²) in [5, 5.41) is 15.2. The number of halogens is 2. The zero-order valence-corrected chi connectivity index (χ0v) is 14.2. The number of hydrogen-bond acceptors (Lipinski definition) is 2. The van der Waals surface area contributed by atoms with Gasteiger partial charge in [0.2, 0.25) is 0 Å². The first kappa shape index (κ1) is 19.1. The summed E-state index contributed by atoms with van der Waals surface area (Å²) in [5.74, 6) is 0.588. The third-order valence-corrected chi connectivity index (χ3v) is 2.58. The van der Waals surface area contributed by atoms with E-state index in [2.05, 4.69) is 15.6 Å². The molecule has 4 nitrogen and oxygen atoms in total. The Bertz CT molecular complexity index is 415. The molecule has 0 bridgehead atoms. The summed E-state index contributed by atoms with van der Waals surface area (Å²) in [6.07, 6.45) is 0. The Kier molecular flexibility index (Phi) is 10.4. The molecule has 1 atom stereocenters. The van der Waals surface area contributed by atoms with Crippen molar-refractivity contribution in [3.63, 3.8) is 0 Å². The van der Waals surface area contributed by atoms with Gasteiger partial charge in [-0.25, -0.2) is 9.38 Å². The monoisotopic (exact) mass is 395 g/mol. The van der Waals surface area contributed by atoms with Crippen LogP contribution in [0.4, 0.5) is 4.39 Å². The SMILES string of the molecule is CCNC(=NCc1cccc(F)c1)NCC(C)CO.I. The van der Waals surface area contributed by atoms with Crippen molar-refractivity contribution in [3.8, 4) is 0 Å². The van der Waals surface area contributed by atoms with Crippen LogP contribution in [-0.4, -0.2) is 30.8 Å². The van der Waals surface area contributed by atoms with E-state index in [1.54, 1.807) is 6.07 Å². The summed E-state index contributed by atoms with van der Waals surface area (Å²) in [5.41, 5.74) is 0.826. The van der Waals surface area contributed by atoms with Gasteiger partial charge in [-0.3, -0.25) is 0 Å². The van der Waals surface area contributed by atoms with E-state index in [4.69, 9.17) is 5.11 Å². The second-order valence-corrected chi connectivity index (χ2v) is 4.49. The first-order valence-electron chi connectivity index (χ1n) is 6.53. The molecule has 0 radical (unpaired) electrons. The summed E-state index contributed by atoms with van der Waals surface area (Å²) in [7, 11) is 0. The summed E-state index contributed by atoms with van der Waals surface area (Å²) in [4.78, 5) is 4.38. The van der Waals surface area contributed by atoms with Gasteiger partial charge < -0.3 is 15.7 Å². The van der Waals surface area contributed by atoms with Crippen molar-refractivity contribution >= 4 is 29.9 Å². The highest BCUT2D eigenvalue weighted by Crippen LogP contribution is 2.04. The van der Waals surface area contributed by atoms with E-state index in [-0.39, 0.29) is 42.3 Å². The highest BCUT2D eigenvalue weighted by molar-refractivity contribution is 14.0. The summed E-state index contributed by atoms with van der Waals surface area (Å²) in [6.45, 7) is 5.88. The van der Waals surface area contributed by atoms with Gasteiger partial charge in [0, 0.05) is 19.7 Å². The van der Waals surface area contributed by atoms with Crippen molar-refractivity contribution in [2.75, 3.05) is 19.7 Å². The van der Waals surface area contributed by atoms with Crippen molar-refractivity contribution in [3.05, 3.63) is 35.6 Å². The third kappa shape index (κ3) is 7.64. The lowest BCUT2D eigenvalue weighted by Crippen LogP contribution is -2.39. The number of nitrogens with one attached hydrogen (secondary N) is 2. The van der Waals surface area contributed by atoms with E-state index in [0.29, 0.717) is 19.0 Å². The Labute approximate surface area is 136 Å². The molecule has 0 aliphatic rings. The fourth-order valence-corrected chi connectivity index (χ4v) is 1.48. The van der Waals surface area contributed by atoms with Crippen LogP contribution in [0.25, 0.3) is 0 Å². The van der Waals surface area contributed by atoms with Crippen molar-refractivity contribution < 1.29 is 9.50 Å². The minimum atomic E-state index is -0.250. The molecule has 0 heterocycles. The van der Waals surface area contributed by atoms with E-state index in [1.165, 1.54) is 12.1 Å². The first-order chi connectivity index (χ1) is 9.15. The Balaban J connectivity index is 0.00000361. The van der Waals surface area contributed by atoms with Gasteiger partial charge in [-0.05, 0) is 30.5 Å². The number of rotatable bonds is 6. The highest BCUT2D eigenvalue weighted by Gasteiger charge is 2.02.